The zero-order chi connectivity index (χ0) is 29.2. The van der Waals surface area contributed by atoms with E-state index in [0.717, 1.165) is 46.5 Å². The number of fused-ring (bicyclic) bond motifs is 1. The molecular formula is C33H47N3O4. The van der Waals surface area contributed by atoms with Gasteiger partial charge >= 0.3 is 5.97 Å². The molecule has 0 saturated heterocycles. The van der Waals surface area contributed by atoms with Crippen LogP contribution in [0, 0.1) is 6.92 Å². The fourth-order valence-corrected chi connectivity index (χ4v) is 4.08. The minimum atomic E-state index is -0.843. The average Bonchev–Trinajstić information content (AvgIpc) is 3.55. The van der Waals surface area contributed by atoms with Crippen LogP contribution in [-0.2, 0) is 17.8 Å². The Morgan fingerprint density at radius 1 is 0.925 bits per heavy atom. The quantitative estimate of drug-likeness (QED) is 0.167. The number of carboxylic acid groups (broad SMARTS) is 1. The molecule has 1 N–H and O–H groups in total. The number of oxazole rings is 1. The van der Waals surface area contributed by atoms with Gasteiger partial charge in [-0.1, -0.05) is 90.5 Å². The van der Waals surface area contributed by atoms with Gasteiger partial charge in [0.15, 0.2) is 0 Å². The van der Waals surface area contributed by atoms with Crippen LogP contribution < -0.4 is 4.74 Å². The fraction of sp³-hybridized carbons (Fsp3) is 0.485. The maximum Gasteiger partial charge on any atom is 0.305 e. The predicted molar refractivity (Wildman–Crippen MR) is 163 cm³/mol. The van der Waals surface area contributed by atoms with E-state index in [2.05, 4.69) is 37.8 Å². The van der Waals surface area contributed by atoms with Crippen LogP contribution in [0.5, 0.6) is 5.75 Å². The summed E-state index contributed by atoms with van der Waals surface area (Å²) >= 11 is 0. The van der Waals surface area contributed by atoms with E-state index in [-0.39, 0.29) is 6.42 Å². The lowest BCUT2D eigenvalue weighted by molar-refractivity contribution is -0.137. The molecule has 0 aliphatic heterocycles. The van der Waals surface area contributed by atoms with Crippen LogP contribution in [0.3, 0.4) is 0 Å². The highest BCUT2D eigenvalue weighted by Gasteiger charge is 2.12. The van der Waals surface area contributed by atoms with Gasteiger partial charge in [0.05, 0.1) is 42.4 Å². The molecule has 7 heteroatoms. The monoisotopic (exact) mass is 549 g/mol. The molecule has 0 amide bonds. The number of nitrogens with zero attached hydrogens (tertiary/aromatic N) is 3. The number of carbonyl (C=O) groups is 1. The summed E-state index contributed by atoms with van der Waals surface area (Å²) in [6, 6.07) is 15.6. The zero-order valence-electron chi connectivity index (χ0n) is 25.0. The molecule has 7 nitrogen and oxygen atoms in total. The van der Waals surface area contributed by atoms with Crippen LogP contribution >= 0.6 is 0 Å². The minimum Gasteiger partial charge on any atom is -0.493 e. The van der Waals surface area contributed by atoms with Crippen LogP contribution in [-0.4, -0.2) is 32.4 Å². The molecule has 4 aromatic rings. The van der Waals surface area contributed by atoms with Crippen LogP contribution in [0.25, 0.3) is 22.4 Å². The second-order valence-corrected chi connectivity index (χ2v) is 9.75. The second kappa shape index (κ2) is 18.6. The van der Waals surface area contributed by atoms with Crippen molar-refractivity contribution in [2.75, 3.05) is 6.61 Å². The van der Waals surface area contributed by atoms with E-state index in [1.807, 2.05) is 55.5 Å². The Bertz CT molecular complexity index is 1240. The highest BCUT2D eigenvalue weighted by molar-refractivity contribution is 5.85. The van der Waals surface area contributed by atoms with Gasteiger partial charge in [0.25, 0.3) is 0 Å². The number of carboxylic acids is 1. The Kier molecular flexibility index (Phi) is 15.2. The van der Waals surface area contributed by atoms with Crippen LogP contribution in [0.1, 0.15) is 90.5 Å². The first-order valence-electron chi connectivity index (χ1n) is 14.8. The molecular weight excluding hydrogens is 502 g/mol. The lowest BCUT2D eigenvalue weighted by Gasteiger charge is -2.07. The van der Waals surface area contributed by atoms with Crippen molar-refractivity contribution in [1.82, 2.24) is 14.8 Å². The van der Waals surface area contributed by atoms with Crippen molar-refractivity contribution >= 4 is 16.9 Å². The Morgan fingerprint density at radius 3 is 2.20 bits per heavy atom. The van der Waals surface area contributed by atoms with Crippen molar-refractivity contribution in [2.24, 2.45) is 0 Å². The summed E-state index contributed by atoms with van der Waals surface area (Å²) in [7, 11) is 0. The number of aliphatic carboxylic acids is 1. The van der Waals surface area contributed by atoms with Crippen molar-refractivity contribution in [1.29, 1.82) is 0 Å². The Morgan fingerprint density at radius 2 is 1.60 bits per heavy atom. The van der Waals surface area contributed by atoms with Gasteiger partial charge in [-0.2, -0.15) is 5.10 Å². The van der Waals surface area contributed by atoms with Gasteiger partial charge in [-0.15, -0.1) is 0 Å². The summed E-state index contributed by atoms with van der Waals surface area (Å²) in [4.78, 5) is 15.4. The molecule has 0 bridgehead atoms. The molecule has 2 heterocycles. The number of aromatic nitrogens is 3. The van der Waals surface area contributed by atoms with Gasteiger partial charge in [-0.25, -0.2) is 4.98 Å². The Balaban J connectivity index is 0.000000482. The van der Waals surface area contributed by atoms with Crippen LogP contribution in [0.4, 0.5) is 0 Å². The summed E-state index contributed by atoms with van der Waals surface area (Å²) in [5, 5.41) is 14.1. The molecule has 0 spiro atoms. The van der Waals surface area contributed by atoms with E-state index in [0.29, 0.717) is 19.0 Å². The van der Waals surface area contributed by atoms with Crippen molar-refractivity contribution in [2.45, 2.75) is 99.0 Å². The third-order valence-electron chi connectivity index (χ3n) is 6.33. The number of aryl methyl sites for hydroxylation is 3. The van der Waals surface area contributed by atoms with Gasteiger partial charge in [0, 0.05) is 5.56 Å². The summed E-state index contributed by atoms with van der Waals surface area (Å²) < 4.78 is 13.5. The molecule has 0 saturated carbocycles. The van der Waals surface area contributed by atoms with Crippen molar-refractivity contribution in [3.63, 3.8) is 0 Å². The molecule has 0 aliphatic carbocycles. The molecule has 218 valence electrons. The maximum atomic E-state index is 10.8. The van der Waals surface area contributed by atoms with E-state index in [1.54, 1.807) is 10.9 Å². The average molecular weight is 550 g/mol. The molecule has 0 atom stereocenters. The standard InChI is InChI=1S/C23H23N3O4.2C5H12/c1-16-19(25-23(30-16)17-7-3-2-4-8-17)9-6-14-29-21-11-5-10-20-18(21)15-24-26(20)13-12-22(27)28;2*1-3-5-4-2/h2-5,7-8,10-11,15H,6,9,12-14H2,1H3,(H,27,28);2*3-5H2,1-2H3. The van der Waals surface area contributed by atoms with E-state index >= 15 is 0 Å². The number of ether oxygens (including phenoxy) is 1. The van der Waals surface area contributed by atoms with Crippen molar-refractivity contribution in [3.8, 4) is 17.2 Å². The highest BCUT2D eigenvalue weighted by Crippen LogP contribution is 2.26. The second-order valence-electron chi connectivity index (χ2n) is 9.75. The first kappa shape index (κ1) is 32.6. The molecule has 2 aromatic heterocycles. The highest BCUT2D eigenvalue weighted by atomic mass is 16.5. The topological polar surface area (TPSA) is 90.4 Å². The van der Waals surface area contributed by atoms with Gasteiger partial charge < -0.3 is 14.3 Å². The van der Waals surface area contributed by atoms with Crippen molar-refractivity contribution < 1.29 is 19.1 Å². The summed E-state index contributed by atoms with van der Waals surface area (Å²) in [5.41, 5.74) is 2.78. The largest absolute Gasteiger partial charge is 0.493 e. The van der Waals surface area contributed by atoms with E-state index in [4.69, 9.17) is 14.3 Å². The first-order chi connectivity index (χ1) is 19.4. The summed E-state index contributed by atoms with van der Waals surface area (Å²) in [5.74, 6) is 1.37. The van der Waals surface area contributed by atoms with Gasteiger partial charge in [0.1, 0.15) is 11.5 Å². The lowest BCUT2D eigenvalue weighted by atomic mass is 10.2. The first-order valence-corrected chi connectivity index (χ1v) is 14.8. The van der Waals surface area contributed by atoms with Crippen LogP contribution in [0.2, 0.25) is 0 Å². The van der Waals surface area contributed by atoms with E-state index in [1.165, 1.54) is 38.5 Å². The van der Waals surface area contributed by atoms with Gasteiger partial charge in [-0.3, -0.25) is 9.48 Å². The SMILES string of the molecule is CCCCC.CCCCC.Cc1oc(-c2ccccc2)nc1CCCOc1cccc2c1cnn2CCC(=O)O. The molecule has 40 heavy (non-hydrogen) atoms. The normalized spacial score (nSPS) is 10.4. The van der Waals surface area contributed by atoms with E-state index < -0.39 is 5.97 Å². The molecule has 0 radical (unpaired) electrons. The van der Waals surface area contributed by atoms with E-state index in [9.17, 15) is 4.79 Å². The molecule has 0 unspecified atom stereocenters. The third-order valence-corrected chi connectivity index (χ3v) is 6.33. The van der Waals surface area contributed by atoms with Crippen LogP contribution in [0.15, 0.2) is 59.1 Å². The Hall–Kier alpha value is -3.61. The Labute approximate surface area is 239 Å². The molecule has 0 fully saturated rings. The molecule has 0 aliphatic rings. The number of hydrogen-bond donors (Lipinski definition) is 1. The minimum absolute atomic E-state index is 0.0316. The summed E-state index contributed by atoms with van der Waals surface area (Å²) in [6.45, 7) is 11.6. The number of hydrogen-bond acceptors (Lipinski definition) is 5. The number of benzene rings is 2. The van der Waals surface area contributed by atoms with Crippen molar-refractivity contribution in [3.05, 3.63) is 66.2 Å². The number of rotatable bonds is 13. The predicted octanol–water partition coefficient (Wildman–Crippen LogP) is 8.88. The van der Waals surface area contributed by atoms with Gasteiger partial charge in [0.2, 0.25) is 5.89 Å². The molecule has 2 aromatic carbocycles. The third kappa shape index (κ3) is 10.9. The summed E-state index contributed by atoms with van der Waals surface area (Å²) in [6.07, 6.45) is 11.5. The van der Waals surface area contributed by atoms with Gasteiger partial charge in [-0.05, 0) is 44.0 Å². The maximum absolute atomic E-state index is 10.8. The smallest absolute Gasteiger partial charge is 0.305 e. The molecule has 4 rings (SSSR count). The zero-order valence-corrected chi connectivity index (χ0v) is 25.0. The fourth-order valence-electron chi connectivity index (χ4n) is 4.08. The number of unbranched alkanes of at least 4 members (excludes halogenated alkanes) is 4. The lowest BCUT2D eigenvalue weighted by Crippen LogP contribution is -2.05.